The first kappa shape index (κ1) is 28.9. The Hall–Kier alpha value is -2.13. The van der Waals surface area contributed by atoms with Gasteiger partial charge in [0.1, 0.15) is 23.5 Å². The van der Waals surface area contributed by atoms with Gasteiger partial charge in [-0.05, 0) is 39.3 Å². The molecule has 3 atom stereocenters. The summed E-state index contributed by atoms with van der Waals surface area (Å²) in [5.41, 5.74) is -1.19. The van der Waals surface area contributed by atoms with Gasteiger partial charge in [-0.25, -0.2) is 14.0 Å². The summed E-state index contributed by atoms with van der Waals surface area (Å²) in [6, 6.07) is 4.00. The van der Waals surface area contributed by atoms with Crippen LogP contribution in [0.2, 0.25) is 0 Å². The molecule has 0 saturated heterocycles. The molecule has 0 amide bonds. The number of carbonyl (C=O) groups is 3. The summed E-state index contributed by atoms with van der Waals surface area (Å²) < 4.78 is 42.5. The van der Waals surface area contributed by atoms with E-state index in [-0.39, 0.29) is 44.0 Å². The highest BCUT2D eigenvalue weighted by Crippen LogP contribution is 2.46. The molecule has 0 heterocycles. The van der Waals surface area contributed by atoms with Crippen LogP contribution < -0.4 is 9.61 Å². The van der Waals surface area contributed by atoms with Crippen LogP contribution in [0.4, 0.5) is 4.39 Å². The molecule has 0 spiro atoms. The van der Waals surface area contributed by atoms with Crippen molar-refractivity contribution in [2.45, 2.75) is 66.0 Å². The Labute approximate surface area is 193 Å². The quantitative estimate of drug-likeness (QED) is 0.281. The number of Topliss-reactive ketones (excluding diaryl/α,β-unsaturated/α-hetero) is 2. The zero-order chi connectivity index (χ0) is 25.2. The van der Waals surface area contributed by atoms with Gasteiger partial charge in [0.05, 0.1) is 19.3 Å². The molecule has 0 aliphatic rings. The fourth-order valence-electron chi connectivity index (χ4n) is 2.62. The number of carbonyl (C=O) groups excluding carboxylic acids is 3. The maximum Gasteiger partial charge on any atom is 0.459 e. The molecule has 0 aromatic heterocycles. The number of hydrogen-bond acceptors (Lipinski definition) is 8. The number of rotatable bonds is 15. The summed E-state index contributed by atoms with van der Waals surface area (Å²) in [5.74, 6) is -1.99. The molecule has 1 unspecified atom stereocenters. The number of ketones is 2. The van der Waals surface area contributed by atoms with E-state index in [4.69, 9.17) is 13.8 Å². The first-order chi connectivity index (χ1) is 15.3. The molecule has 0 fully saturated rings. The van der Waals surface area contributed by atoms with E-state index in [0.29, 0.717) is 0 Å². The average molecular weight is 489 g/mol. The summed E-state index contributed by atoms with van der Waals surface area (Å²) in [6.45, 7) is 7.34. The van der Waals surface area contributed by atoms with Crippen molar-refractivity contribution in [1.29, 1.82) is 0 Å². The third-order valence-electron chi connectivity index (χ3n) is 4.74. The number of halogens is 1. The third kappa shape index (κ3) is 10.1. The Kier molecular flexibility index (Phi) is 11.3. The van der Waals surface area contributed by atoms with E-state index in [9.17, 15) is 28.4 Å². The van der Waals surface area contributed by atoms with Gasteiger partial charge < -0.3 is 14.4 Å². The van der Waals surface area contributed by atoms with Crippen LogP contribution in [-0.2, 0) is 28.2 Å². The van der Waals surface area contributed by atoms with E-state index < -0.39 is 42.9 Å². The summed E-state index contributed by atoms with van der Waals surface area (Å²) in [4.78, 5) is 35.4. The zero-order valence-electron chi connectivity index (χ0n) is 19.6. The molecule has 0 radical (unpaired) electrons. The monoisotopic (exact) mass is 489 g/mol. The summed E-state index contributed by atoms with van der Waals surface area (Å²) in [5, 5.41) is 13.0. The van der Waals surface area contributed by atoms with Gasteiger partial charge in [-0.1, -0.05) is 19.9 Å². The molecule has 0 bridgehead atoms. The van der Waals surface area contributed by atoms with Gasteiger partial charge in [0.15, 0.2) is 5.78 Å². The minimum Gasteiger partial charge on any atom is -0.466 e. The fraction of sp³-hybridized carbons (Fsp3) is 0.591. The van der Waals surface area contributed by atoms with Crippen molar-refractivity contribution in [3.8, 4) is 5.75 Å². The van der Waals surface area contributed by atoms with Crippen LogP contribution in [0.15, 0.2) is 24.3 Å². The van der Waals surface area contributed by atoms with Crippen LogP contribution in [0.25, 0.3) is 0 Å². The number of benzene rings is 1. The summed E-state index contributed by atoms with van der Waals surface area (Å²) in [7, 11) is -4.20. The summed E-state index contributed by atoms with van der Waals surface area (Å²) >= 11 is 0. The van der Waals surface area contributed by atoms with Crippen LogP contribution >= 0.6 is 7.75 Å². The minimum atomic E-state index is -4.20. The standard InChI is InChI=1S/C22H33FNO8P/c1-6-30-20(27)12-8-11-19(26)21(28)22(4,5)14-31-33(29,24-15(2)16(3)25)32-18-10-7-9-17(23)13-18/h7,9-10,13,15,21,28H,6,8,11-12,14H2,1-5H3,(H,24,29)/t15-,21-,33?/m0/s1. The van der Waals surface area contributed by atoms with E-state index in [2.05, 4.69) is 5.09 Å². The van der Waals surface area contributed by atoms with Crippen molar-refractivity contribution >= 4 is 25.3 Å². The second kappa shape index (κ2) is 12.9. The van der Waals surface area contributed by atoms with Gasteiger partial charge in [0, 0.05) is 24.3 Å². The zero-order valence-corrected chi connectivity index (χ0v) is 20.5. The minimum absolute atomic E-state index is 0.0484. The molecule has 1 aromatic rings. The number of nitrogens with one attached hydrogen (secondary N) is 1. The highest BCUT2D eigenvalue weighted by atomic mass is 31.2. The van der Waals surface area contributed by atoms with E-state index in [1.54, 1.807) is 6.92 Å². The van der Waals surface area contributed by atoms with Crippen molar-refractivity contribution in [2.75, 3.05) is 13.2 Å². The van der Waals surface area contributed by atoms with Crippen molar-refractivity contribution in [1.82, 2.24) is 5.09 Å². The topological polar surface area (TPSA) is 128 Å². The van der Waals surface area contributed by atoms with E-state index in [1.165, 1.54) is 45.9 Å². The van der Waals surface area contributed by atoms with Crippen LogP contribution in [-0.4, -0.2) is 48.0 Å². The van der Waals surface area contributed by atoms with Gasteiger partial charge >= 0.3 is 13.7 Å². The van der Waals surface area contributed by atoms with E-state index in [1.807, 2.05) is 0 Å². The molecular formula is C22H33FNO8P. The number of hydrogen-bond donors (Lipinski definition) is 2. The Morgan fingerprint density at radius 1 is 1.24 bits per heavy atom. The molecule has 0 aliphatic carbocycles. The van der Waals surface area contributed by atoms with E-state index in [0.717, 1.165) is 6.07 Å². The SMILES string of the molecule is CCOC(=O)CCCC(=O)[C@H](O)C(C)(C)COP(=O)(N[C@@H](C)C(C)=O)Oc1cccc(F)c1. The molecule has 186 valence electrons. The summed E-state index contributed by atoms with van der Waals surface area (Å²) in [6.07, 6.45) is -1.27. The molecule has 0 aliphatic heterocycles. The molecule has 1 aromatic carbocycles. The largest absolute Gasteiger partial charge is 0.466 e. The molecule has 2 N–H and O–H groups in total. The number of ether oxygens (including phenoxy) is 1. The maximum atomic E-state index is 13.5. The third-order valence-corrected chi connectivity index (χ3v) is 6.37. The Balaban J connectivity index is 2.85. The predicted octanol–water partition coefficient (Wildman–Crippen LogP) is 3.59. The molecule has 1 rings (SSSR count). The number of esters is 1. The van der Waals surface area contributed by atoms with Crippen LogP contribution in [0.5, 0.6) is 5.75 Å². The first-order valence-electron chi connectivity index (χ1n) is 10.6. The normalized spacial score (nSPS) is 15.2. The Morgan fingerprint density at radius 2 is 1.91 bits per heavy atom. The van der Waals surface area contributed by atoms with Crippen molar-refractivity contribution in [2.24, 2.45) is 5.41 Å². The second-order valence-electron chi connectivity index (χ2n) is 8.30. The van der Waals surface area contributed by atoms with Gasteiger partial charge in [-0.15, -0.1) is 0 Å². The number of aliphatic hydroxyl groups is 1. The van der Waals surface area contributed by atoms with Crippen LogP contribution in [0.3, 0.4) is 0 Å². The first-order valence-corrected chi connectivity index (χ1v) is 12.2. The maximum absolute atomic E-state index is 13.5. The molecule has 0 saturated carbocycles. The van der Waals surface area contributed by atoms with Crippen LogP contribution in [0, 0.1) is 11.2 Å². The van der Waals surface area contributed by atoms with Crippen LogP contribution in [0.1, 0.15) is 53.9 Å². The average Bonchev–Trinajstić information content (AvgIpc) is 2.71. The second-order valence-corrected chi connectivity index (χ2v) is 9.99. The highest BCUT2D eigenvalue weighted by molar-refractivity contribution is 7.52. The smallest absolute Gasteiger partial charge is 0.459 e. The lowest BCUT2D eigenvalue weighted by Gasteiger charge is -2.31. The lowest BCUT2D eigenvalue weighted by molar-refractivity contribution is -0.143. The fourth-order valence-corrected chi connectivity index (χ4v) is 4.35. The van der Waals surface area contributed by atoms with E-state index >= 15 is 0 Å². The molecule has 33 heavy (non-hydrogen) atoms. The van der Waals surface area contributed by atoms with Gasteiger partial charge in [-0.3, -0.25) is 18.9 Å². The number of aliphatic hydroxyl groups excluding tert-OH is 1. The molecule has 9 nitrogen and oxygen atoms in total. The van der Waals surface area contributed by atoms with Gasteiger partial charge in [-0.2, -0.15) is 0 Å². The Bertz CT molecular complexity index is 876. The van der Waals surface area contributed by atoms with Crippen molar-refractivity contribution < 1.29 is 42.2 Å². The van der Waals surface area contributed by atoms with Gasteiger partial charge in [0.25, 0.3) is 0 Å². The highest BCUT2D eigenvalue weighted by Gasteiger charge is 2.38. The molecular weight excluding hydrogens is 456 g/mol. The Morgan fingerprint density at radius 3 is 2.48 bits per heavy atom. The van der Waals surface area contributed by atoms with Gasteiger partial charge in [0.2, 0.25) is 0 Å². The van der Waals surface area contributed by atoms with Crippen molar-refractivity contribution in [3.63, 3.8) is 0 Å². The predicted molar refractivity (Wildman–Crippen MR) is 119 cm³/mol. The lowest BCUT2D eigenvalue weighted by atomic mass is 9.84. The lowest BCUT2D eigenvalue weighted by Crippen LogP contribution is -2.41. The van der Waals surface area contributed by atoms with Crippen molar-refractivity contribution in [3.05, 3.63) is 30.1 Å². The molecule has 11 heteroatoms.